The second-order valence-corrected chi connectivity index (χ2v) is 3.78. The highest BCUT2D eigenvalue weighted by Gasteiger charge is 2.11. The Morgan fingerprint density at radius 3 is 2.50 bits per heavy atom. The van der Waals surface area contributed by atoms with Crippen molar-refractivity contribution in [2.75, 3.05) is 0 Å². The molecule has 0 aromatic carbocycles. The lowest BCUT2D eigenvalue weighted by Gasteiger charge is -2.09. The molecule has 1 N–H and O–H groups in total. The van der Waals surface area contributed by atoms with E-state index in [1.54, 1.807) is 17.7 Å². The Balaban J connectivity index is 0.00000144. The van der Waals surface area contributed by atoms with Crippen LogP contribution in [0.4, 0.5) is 0 Å². The first kappa shape index (κ1) is 16.5. The second kappa shape index (κ2) is 6.42. The Bertz CT molecular complexity index is 571. The van der Waals surface area contributed by atoms with E-state index in [9.17, 15) is 9.90 Å². The first-order valence-electron chi connectivity index (χ1n) is 4.97. The number of hydrogen-bond acceptors (Lipinski definition) is 2. The molecule has 0 aliphatic heterocycles. The smallest absolute Gasteiger partial charge is 0.248 e. The minimum absolute atomic E-state index is 0. The van der Waals surface area contributed by atoms with E-state index in [0.717, 1.165) is 5.56 Å². The quantitative estimate of drug-likeness (QED) is 0.802. The molecule has 2 heterocycles. The fourth-order valence-electron chi connectivity index (χ4n) is 1.70. The molecule has 0 unspecified atom stereocenters. The minimum Gasteiger partial charge on any atom is -0.856 e. The van der Waals surface area contributed by atoms with Crippen LogP contribution in [0.3, 0.4) is 0 Å². The highest BCUT2D eigenvalue weighted by atomic mass is 35.5. The molecule has 18 heavy (non-hydrogen) atoms. The Morgan fingerprint density at radius 2 is 1.94 bits per heavy atom. The fourth-order valence-corrected chi connectivity index (χ4v) is 1.70. The molecule has 98 valence electrons. The van der Waals surface area contributed by atoms with E-state index in [4.69, 9.17) is 0 Å². The van der Waals surface area contributed by atoms with E-state index >= 15 is 0 Å². The number of aryl methyl sites for hydroxylation is 2. The molecule has 2 rings (SSSR count). The van der Waals surface area contributed by atoms with Crippen LogP contribution in [0.2, 0.25) is 0 Å². The van der Waals surface area contributed by atoms with Crippen LogP contribution in [0.25, 0.3) is 5.69 Å². The molecule has 0 spiro atoms. The van der Waals surface area contributed by atoms with Gasteiger partial charge in [0.25, 0.3) is 0 Å². The van der Waals surface area contributed by atoms with Gasteiger partial charge in [-0.25, -0.2) is 0 Å². The summed E-state index contributed by atoms with van der Waals surface area (Å²) >= 11 is 0. The third kappa shape index (κ3) is 3.24. The predicted molar refractivity (Wildman–Crippen MR) is 72.0 cm³/mol. The number of rotatable bonds is 1. The summed E-state index contributed by atoms with van der Waals surface area (Å²) in [6.45, 7) is 3.70. The lowest BCUT2D eigenvalue weighted by atomic mass is 10.2. The number of nitrogens with one attached hydrogen (secondary N) is 1. The molecule has 0 radical (unpaired) electrons. The van der Waals surface area contributed by atoms with E-state index in [0.29, 0.717) is 11.3 Å². The standard InChI is InChI=1S/C12H12N2O2.2ClH/c1-8-4-3-5-14(7-8)11-9(2)6-10(15)13-12(11)16;;/h3-7H,1-2H3,(H-,13,15,16);2*1H. The molecule has 0 fully saturated rings. The van der Waals surface area contributed by atoms with Crippen molar-refractivity contribution in [2.45, 2.75) is 13.8 Å². The Morgan fingerprint density at radius 1 is 1.28 bits per heavy atom. The molecule has 0 saturated heterocycles. The van der Waals surface area contributed by atoms with E-state index in [-0.39, 0.29) is 36.3 Å². The van der Waals surface area contributed by atoms with E-state index in [1.165, 1.54) is 6.07 Å². The summed E-state index contributed by atoms with van der Waals surface area (Å²) in [5, 5.41) is 11.7. The van der Waals surface area contributed by atoms with Crippen LogP contribution in [0, 0.1) is 13.8 Å². The van der Waals surface area contributed by atoms with Crippen molar-refractivity contribution in [3.8, 4) is 11.6 Å². The SMILES string of the molecule is Cc1ccc[n+](-c2c(C)cc(=O)[nH]c2[O-])c1.Cl.Cl. The summed E-state index contributed by atoms with van der Waals surface area (Å²) in [4.78, 5) is 13.4. The van der Waals surface area contributed by atoms with Crippen LogP contribution in [0.5, 0.6) is 5.88 Å². The number of aromatic amines is 1. The molecule has 0 aliphatic rings. The summed E-state index contributed by atoms with van der Waals surface area (Å²) in [6.07, 6.45) is 3.64. The van der Waals surface area contributed by atoms with Crippen LogP contribution in [0.1, 0.15) is 11.1 Å². The van der Waals surface area contributed by atoms with Crippen LogP contribution < -0.4 is 15.2 Å². The number of pyridine rings is 2. The van der Waals surface area contributed by atoms with Gasteiger partial charge < -0.3 is 10.1 Å². The van der Waals surface area contributed by atoms with Gasteiger partial charge >= 0.3 is 0 Å². The Labute approximate surface area is 117 Å². The molecule has 0 saturated carbocycles. The number of halogens is 2. The summed E-state index contributed by atoms with van der Waals surface area (Å²) in [5.74, 6) is -0.361. The molecule has 6 heteroatoms. The first-order chi connectivity index (χ1) is 7.58. The van der Waals surface area contributed by atoms with Gasteiger partial charge in [-0.3, -0.25) is 4.79 Å². The molecule has 0 atom stereocenters. The van der Waals surface area contributed by atoms with Crippen LogP contribution in [0.15, 0.2) is 35.4 Å². The first-order valence-corrected chi connectivity index (χ1v) is 4.97. The van der Waals surface area contributed by atoms with Gasteiger partial charge in [0.15, 0.2) is 12.4 Å². The van der Waals surface area contributed by atoms with E-state index in [1.807, 2.05) is 25.3 Å². The number of H-pyrrole nitrogens is 1. The van der Waals surface area contributed by atoms with Gasteiger partial charge in [0.1, 0.15) is 0 Å². The second-order valence-electron chi connectivity index (χ2n) is 3.78. The summed E-state index contributed by atoms with van der Waals surface area (Å²) in [7, 11) is 0. The normalized spacial score (nSPS) is 9.22. The molecule has 2 aromatic rings. The average Bonchev–Trinajstić information content (AvgIpc) is 2.15. The predicted octanol–water partition coefficient (Wildman–Crippen LogP) is 1.19. The van der Waals surface area contributed by atoms with E-state index < -0.39 is 0 Å². The summed E-state index contributed by atoms with van der Waals surface area (Å²) < 4.78 is 1.73. The van der Waals surface area contributed by atoms with Gasteiger partial charge in [0.2, 0.25) is 11.2 Å². The Hall–Kier alpha value is -1.52. The van der Waals surface area contributed by atoms with Gasteiger partial charge in [-0.15, -0.1) is 24.8 Å². The highest BCUT2D eigenvalue weighted by molar-refractivity contribution is 5.85. The highest BCUT2D eigenvalue weighted by Crippen LogP contribution is 2.12. The topological polar surface area (TPSA) is 59.8 Å². The third-order valence-electron chi connectivity index (χ3n) is 2.38. The molecular weight excluding hydrogens is 275 g/mol. The molecule has 2 aromatic heterocycles. The number of nitrogens with zero attached hydrogens (tertiary/aromatic N) is 1. The van der Waals surface area contributed by atoms with Crippen LogP contribution >= 0.6 is 24.8 Å². The monoisotopic (exact) mass is 288 g/mol. The maximum Gasteiger partial charge on any atom is 0.248 e. The maximum atomic E-state index is 11.7. The zero-order chi connectivity index (χ0) is 11.7. The largest absolute Gasteiger partial charge is 0.856 e. The minimum atomic E-state index is -0.362. The lowest BCUT2D eigenvalue weighted by Crippen LogP contribution is -2.34. The number of hydrogen-bond donors (Lipinski definition) is 1. The number of aromatic nitrogens is 2. The average molecular weight is 289 g/mol. The van der Waals surface area contributed by atoms with Crippen molar-refractivity contribution in [1.82, 2.24) is 4.98 Å². The summed E-state index contributed by atoms with van der Waals surface area (Å²) in [5.41, 5.74) is 1.85. The zero-order valence-corrected chi connectivity index (χ0v) is 11.6. The van der Waals surface area contributed by atoms with Crippen molar-refractivity contribution in [1.29, 1.82) is 0 Å². The molecule has 0 bridgehead atoms. The molecular formula is C12H14Cl2N2O2. The van der Waals surface area contributed by atoms with Crippen molar-refractivity contribution in [3.05, 3.63) is 52.1 Å². The van der Waals surface area contributed by atoms with Gasteiger partial charge in [0, 0.05) is 29.1 Å². The van der Waals surface area contributed by atoms with Gasteiger partial charge in [-0.05, 0) is 19.9 Å². The van der Waals surface area contributed by atoms with Crippen molar-refractivity contribution < 1.29 is 9.67 Å². The molecule has 4 nitrogen and oxygen atoms in total. The van der Waals surface area contributed by atoms with Crippen LogP contribution in [-0.2, 0) is 0 Å². The van der Waals surface area contributed by atoms with Gasteiger partial charge in [-0.2, -0.15) is 4.57 Å². The zero-order valence-electron chi connectivity index (χ0n) is 9.97. The third-order valence-corrected chi connectivity index (χ3v) is 2.38. The maximum absolute atomic E-state index is 11.7. The molecule has 0 amide bonds. The van der Waals surface area contributed by atoms with Crippen molar-refractivity contribution in [2.24, 2.45) is 0 Å². The molecule has 0 aliphatic carbocycles. The summed E-state index contributed by atoms with van der Waals surface area (Å²) in [6, 6.07) is 5.23. The fraction of sp³-hybridized carbons (Fsp3) is 0.167. The lowest BCUT2D eigenvalue weighted by molar-refractivity contribution is -0.601. The van der Waals surface area contributed by atoms with Crippen LogP contribution in [-0.4, -0.2) is 4.98 Å². The van der Waals surface area contributed by atoms with Crippen molar-refractivity contribution >= 4 is 24.8 Å². The van der Waals surface area contributed by atoms with Gasteiger partial charge in [-0.1, -0.05) is 0 Å². The van der Waals surface area contributed by atoms with Crippen molar-refractivity contribution in [3.63, 3.8) is 0 Å². The van der Waals surface area contributed by atoms with Gasteiger partial charge in [0.05, 0.1) is 0 Å². The Kier molecular flexibility index (Phi) is 5.88. The van der Waals surface area contributed by atoms with E-state index in [2.05, 4.69) is 4.98 Å².